The van der Waals surface area contributed by atoms with E-state index in [0.29, 0.717) is 30.0 Å². The van der Waals surface area contributed by atoms with Crippen molar-refractivity contribution in [3.8, 4) is 11.5 Å². The van der Waals surface area contributed by atoms with Crippen LogP contribution in [0.3, 0.4) is 0 Å². The Kier molecular flexibility index (Phi) is 3.82. The fraction of sp³-hybridized carbons (Fsp3) is 0.294. The van der Waals surface area contributed by atoms with E-state index in [1.807, 2.05) is 7.05 Å². The van der Waals surface area contributed by atoms with Crippen LogP contribution < -0.4 is 4.74 Å². The van der Waals surface area contributed by atoms with Crippen LogP contribution in [-0.2, 0) is 0 Å². The second kappa shape index (κ2) is 5.93. The molecule has 0 spiro atoms. The number of fused-ring (bicyclic) bond motifs is 5. The maximum absolute atomic E-state index is 11.5. The Morgan fingerprint density at radius 1 is 1.08 bits per heavy atom. The Bertz CT molecular complexity index is 948. The van der Waals surface area contributed by atoms with Crippen molar-refractivity contribution in [3.63, 3.8) is 0 Å². The Hall–Kier alpha value is -2.71. The fourth-order valence-corrected chi connectivity index (χ4v) is 4.12. The van der Waals surface area contributed by atoms with Gasteiger partial charge in [0.25, 0.3) is 5.69 Å². The number of rotatable bonds is 2. The minimum absolute atomic E-state index is 0.0286. The molecule has 2 aromatic carbocycles. The zero-order valence-corrected chi connectivity index (χ0v) is 14.5. The maximum Gasteiger partial charge on any atom is 0.313 e. The van der Waals surface area contributed by atoms with Gasteiger partial charge in [0, 0.05) is 59.3 Å². The molecule has 0 radical (unpaired) electrons. The van der Waals surface area contributed by atoms with Gasteiger partial charge in [-0.25, -0.2) is 0 Å². The molecule has 26 heavy (non-hydrogen) atoms. The monoisotopic (exact) mass is 375 g/mol. The van der Waals surface area contributed by atoms with Crippen LogP contribution in [0.25, 0.3) is 0 Å². The summed E-state index contributed by atoms with van der Waals surface area (Å²) in [5.74, 6) is 0.396. The lowest BCUT2D eigenvalue weighted by Gasteiger charge is -2.17. The number of likely N-dealkylation sites (tertiary alicyclic amines) is 1. The van der Waals surface area contributed by atoms with Crippen LogP contribution in [0.2, 0.25) is 5.02 Å². The summed E-state index contributed by atoms with van der Waals surface area (Å²) in [7, 11) is 1.95. The first kappa shape index (κ1) is 16.7. The lowest BCUT2D eigenvalue weighted by Crippen LogP contribution is -2.14. The van der Waals surface area contributed by atoms with Crippen molar-refractivity contribution in [1.82, 2.24) is 4.90 Å². The third kappa shape index (κ3) is 2.58. The third-order valence-electron chi connectivity index (χ3n) is 4.98. The van der Waals surface area contributed by atoms with E-state index in [4.69, 9.17) is 16.3 Å². The van der Waals surface area contributed by atoms with E-state index >= 15 is 0 Å². The molecule has 9 heteroatoms. The summed E-state index contributed by atoms with van der Waals surface area (Å²) in [5.41, 5.74) is 1.12. The highest BCUT2D eigenvalue weighted by Gasteiger charge is 2.41. The summed E-state index contributed by atoms with van der Waals surface area (Å²) in [5, 5.41) is 23.0. The van der Waals surface area contributed by atoms with E-state index in [-0.39, 0.29) is 34.0 Å². The Morgan fingerprint density at radius 2 is 1.77 bits per heavy atom. The molecule has 0 saturated carbocycles. The number of hydrogen-bond donors (Lipinski definition) is 0. The lowest BCUT2D eigenvalue weighted by molar-refractivity contribution is -0.385. The predicted octanol–water partition coefficient (Wildman–Crippen LogP) is 4.07. The van der Waals surface area contributed by atoms with Crippen molar-refractivity contribution in [3.05, 3.63) is 66.7 Å². The number of halogens is 1. The lowest BCUT2D eigenvalue weighted by atomic mass is 9.84. The molecule has 0 amide bonds. The van der Waals surface area contributed by atoms with Crippen LogP contribution >= 0.6 is 11.6 Å². The molecule has 0 N–H and O–H groups in total. The SMILES string of the molecule is CN1C[C@H]2c3cc([N+](=O)[O-])ccc3Oc3c(cc(Cl)cc3[N+](=O)[O-])[C@@H]2C1. The zero-order valence-electron chi connectivity index (χ0n) is 13.7. The quantitative estimate of drug-likeness (QED) is 0.579. The smallest absolute Gasteiger partial charge is 0.313 e. The summed E-state index contributed by atoms with van der Waals surface area (Å²) < 4.78 is 5.91. The zero-order chi connectivity index (χ0) is 18.6. The average Bonchev–Trinajstić information content (AvgIpc) is 2.92. The fourth-order valence-electron chi connectivity index (χ4n) is 3.89. The number of nitro benzene ring substituents is 2. The van der Waals surface area contributed by atoms with Crippen molar-refractivity contribution in [2.24, 2.45) is 0 Å². The number of ether oxygens (including phenoxy) is 1. The minimum atomic E-state index is -0.519. The van der Waals surface area contributed by atoms with Crippen molar-refractivity contribution in [2.75, 3.05) is 20.1 Å². The molecule has 0 bridgehead atoms. The number of likely N-dealkylation sites (N-methyl/N-ethyl adjacent to an activating group) is 1. The molecule has 0 unspecified atom stereocenters. The van der Waals surface area contributed by atoms with Gasteiger partial charge < -0.3 is 9.64 Å². The van der Waals surface area contributed by atoms with Crippen molar-refractivity contribution < 1.29 is 14.6 Å². The Balaban J connectivity index is 1.97. The molecule has 0 aliphatic carbocycles. The van der Waals surface area contributed by atoms with Gasteiger partial charge >= 0.3 is 5.69 Å². The van der Waals surface area contributed by atoms with Gasteiger partial charge in [0.15, 0.2) is 0 Å². The molecule has 1 saturated heterocycles. The van der Waals surface area contributed by atoms with Gasteiger partial charge in [0.1, 0.15) is 5.75 Å². The van der Waals surface area contributed by atoms with Gasteiger partial charge in [-0.2, -0.15) is 0 Å². The van der Waals surface area contributed by atoms with Crippen LogP contribution in [0.5, 0.6) is 11.5 Å². The number of nitro groups is 2. The number of non-ortho nitro benzene ring substituents is 1. The third-order valence-corrected chi connectivity index (χ3v) is 5.20. The summed E-state index contributed by atoms with van der Waals surface area (Å²) in [6.45, 7) is 1.32. The largest absolute Gasteiger partial charge is 0.450 e. The molecule has 2 aliphatic heterocycles. The van der Waals surface area contributed by atoms with Crippen molar-refractivity contribution in [1.29, 1.82) is 0 Å². The van der Waals surface area contributed by atoms with Crippen molar-refractivity contribution in [2.45, 2.75) is 11.8 Å². The molecular weight excluding hydrogens is 362 g/mol. The predicted molar refractivity (Wildman–Crippen MR) is 94.3 cm³/mol. The summed E-state index contributed by atoms with van der Waals surface area (Å²) in [4.78, 5) is 23.8. The van der Waals surface area contributed by atoms with Gasteiger partial charge in [0.05, 0.1) is 9.85 Å². The molecule has 2 heterocycles. The molecular formula is C17H14ClN3O5. The first-order chi connectivity index (χ1) is 12.3. The molecule has 2 aromatic rings. The van der Waals surface area contributed by atoms with Crippen LogP contribution in [0.15, 0.2) is 30.3 Å². The van der Waals surface area contributed by atoms with Gasteiger partial charge in [-0.3, -0.25) is 20.2 Å². The summed E-state index contributed by atoms with van der Waals surface area (Å²) in [6, 6.07) is 7.33. The standard InChI is InChI=1S/C17H14ClN3O5/c1-19-7-13-11-6-10(20(22)23)2-3-16(11)26-17-12(14(13)8-19)4-9(18)5-15(17)21(24)25/h2-6,13-14H,7-8H2,1H3/t13-,14-/m0/s1. The summed E-state index contributed by atoms with van der Waals surface area (Å²) in [6.07, 6.45) is 0. The minimum Gasteiger partial charge on any atom is -0.450 e. The van der Waals surface area contributed by atoms with Crippen LogP contribution in [0, 0.1) is 20.2 Å². The van der Waals surface area contributed by atoms with Gasteiger partial charge in [0.2, 0.25) is 5.75 Å². The summed E-state index contributed by atoms with van der Waals surface area (Å²) >= 11 is 6.12. The van der Waals surface area contributed by atoms with Crippen LogP contribution in [-0.4, -0.2) is 34.9 Å². The van der Waals surface area contributed by atoms with E-state index in [0.717, 1.165) is 0 Å². The normalized spacial score (nSPS) is 21.2. The second-order valence-corrected chi connectivity index (χ2v) is 7.05. The van der Waals surface area contributed by atoms with E-state index in [1.165, 1.54) is 24.3 Å². The van der Waals surface area contributed by atoms with Gasteiger partial charge in [-0.15, -0.1) is 0 Å². The van der Waals surface area contributed by atoms with Gasteiger partial charge in [-0.05, 0) is 19.2 Å². The second-order valence-electron chi connectivity index (χ2n) is 6.62. The average molecular weight is 376 g/mol. The topological polar surface area (TPSA) is 98.8 Å². The molecule has 4 rings (SSSR count). The van der Waals surface area contributed by atoms with E-state index in [9.17, 15) is 20.2 Å². The van der Waals surface area contributed by atoms with Crippen molar-refractivity contribution >= 4 is 23.0 Å². The maximum atomic E-state index is 11.5. The van der Waals surface area contributed by atoms with Gasteiger partial charge in [-0.1, -0.05) is 11.6 Å². The van der Waals surface area contributed by atoms with Crippen LogP contribution in [0.4, 0.5) is 11.4 Å². The molecule has 2 atom stereocenters. The Labute approximate surface area is 153 Å². The molecule has 2 aliphatic rings. The number of nitrogens with zero attached hydrogens (tertiary/aromatic N) is 3. The first-order valence-electron chi connectivity index (χ1n) is 7.97. The Morgan fingerprint density at radius 3 is 2.42 bits per heavy atom. The highest BCUT2D eigenvalue weighted by Crippen LogP contribution is 2.53. The highest BCUT2D eigenvalue weighted by atomic mass is 35.5. The van der Waals surface area contributed by atoms with E-state index in [2.05, 4.69) is 4.90 Å². The highest BCUT2D eigenvalue weighted by molar-refractivity contribution is 6.31. The molecule has 1 fully saturated rings. The number of benzene rings is 2. The molecule has 8 nitrogen and oxygen atoms in total. The van der Waals surface area contributed by atoms with Crippen LogP contribution in [0.1, 0.15) is 23.0 Å². The molecule has 0 aromatic heterocycles. The first-order valence-corrected chi connectivity index (χ1v) is 8.35. The number of hydrogen-bond acceptors (Lipinski definition) is 6. The van der Waals surface area contributed by atoms with E-state index in [1.54, 1.807) is 6.07 Å². The molecule has 134 valence electrons. The van der Waals surface area contributed by atoms with E-state index < -0.39 is 9.85 Å².